The van der Waals surface area contributed by atoms with E-state index in [0.717, 1.165) is 49.7 Å². The first-order chi connectivity index (χ1) is 16.3. The number of oxazole rings is 1. The highest BCUT2D eigenvalue weighted by molar-refractivity contribution is 7.14. The molecule has 0 bridgehead atoms. The maximum Gasteiger partial charge on any atom is 0.274 e. The monoisotopic (exact) mass is 466 g/mol. The number of carbonyl (C=O) groups excluding carboxylic acids is 1. The van der Waals surface area contributed by atoms with Gasteiger partial charge in [-0.05, 0) is 55.9 Å². The number of aromatic nitrogens is 3. The summed E-state index contributed by atoms with van der Waals surface area (Å²) in [4.78, 5) is 21.8. The molecule has 1 saturated heterocycles. The van der Waals surface area contributed by atoms with Crippen LogP contribution in [0.5, 0.6) is 0 Å². The second-order valence-corrected chi connectivity index (χ2v) is 9.76. The van der Waals surface area contributed by atoms with Crippen LogP contribution in [-0.4, -0.2) is 33.7 Å². The molecule has 7 nitrogen and oxygen atoms in total. The molecule has 1 aliphatic heterocycles. The maximum absolute atomic E-state index is 12.9. The van der Waals surface area contributed by atoms with Crippen molar-refractivity contribution >= 4 is 34.5 Å². The van der Waals surface area contributed by atoms with Crippen LogP contribution in [0.1, 0.15) is 78.5 Å². The van der Waals surface area contributed by atoms with E-state index >= 15 is 0 Å². The van der Waals surface area contributed by atoms with Crippen molar-refractivity contribution in [2.75, 3.05) is 18.5 Å². The Morgan fingerprint density at radius 3 is 2.88 bits per heavy atom. The van der Waals surface area contributed by atoms with Gasteiger partial charge in [-0.25, -0.2) is 9.97 Å². The molecule has 8 heteroatoms. The summed E-state index contributed by atoms with van der Waals surface area (Å²) in [5, 5.41) is 5.48. The van der Waals surface area contributed by atoms with Crippen LogP contribution in [0.4, 0.5) is 5.13 Å². The molecule has 0 unspecified atom stereocenters. The zero-order valence-corrected chi connectivity index (χ0v) is 19.6. The number of ether oxygens (including phenoxy) is 1. The molecule has 2 aliphatic rings. The standard InChI is InChI=1S/C25H30N4O3S/c30-24(22-7-4-12-29(22)15-18-10-13-31-14-11-18)28-25-27-20(16-33-25)8-9-21-23(32-17-26-21)19-5-2-1-3-6-19/h4,7-9,12,16-19H,1-3,5-6,10-11,13-15H2,(H,27,28,30)/b9-8+. The number of hydrogen-bond acceptors (Lipinski definition) is 6. The van der Waals surface area contributed by atoms with Crippen molar-refractivity contribution in [3.63, 3.8) is 0 Å². The van der Waals surface area contributed by atoms with Gasteiger partial charge in [0.15, 0.2) is 11.5 Å². The van der Waals surface area contributed by atoms with E-state index in [0.29, 0.717) is 22.7 Å². The van der Waals surface area contributed by atoms with Crippen LogP contribution in [0.2, 0.25) is 0 Å². The van der Waals surface area contributed by atoms with Gasteiger partial charge in [0, 0.05) is 37.3 Å². The minimum absolute atomic E-state index is 0.131. The number of nitrogens with one attached hydrogen (secondary N) is 1. The highest BCUT2D eigenvalue weighted by atomic mass is 32.1. The third-order valence-electron chi connectivity index (χ3n) is 6.61. The fourth-order valence-electron chi connectivity index (χ4n) is 4.79. The van der Waals surface area contributed by atoms with Crippen LogP contribution in [0.3, 0.4) is 0 Å². The smallest absolute Gasteiger partial charge is 0.274 e. The summed E-state index contributed by atoms with van der Waals surface area (Å²) in [5.74, 6) is 1.86. The first kappa shape index (κ1) is 22.1. The molecule has 1 aliphatic carbocycles. The number of amides is 1. The van der Waals surface area contributed by atoms with Gasteiger partial charge >= 0.3 is 0 Å². The lowest BCUT2D eigenvalue weighted by molar-refractivity contribution is 0.0610. The van der Waals surface area contributed by atoms with Crippen molar-refractivity contribution in [3.05, 3.63) is 52.9 Å². The van der Waals surface area contributed by atoms with E-state index in [2.05, 4.69) is 15.3 Å². The summed E-state index contributed by atoms with van der Waals surface area (Å²) in [7, 11) is 0. The average molecular weight is 467 g/mol. The van der Waals surface area contributed by atoms with Crippen LogP contribution in [0, 0.1) is 5.92 Å². The Bertz CT molecular complexity index is 1090. The molecule has 0 spiro atoms. The Morgan fingerprint density at radius 2 is 2.03 bits per heavy atom. The number of thiazole rings is 1. The molecule has 33 heavy (non-hydrogen) atoms. The molecule has 0 atom stereocenters. The van der Waals surface area contributed by atoms with Crippen LogP contribution >= 0.6 is 11.3 Å². The topological polar surface area (TPSA) is 82.2 Å². The van der Waals surface area contributed by atoms with Gasteiger partial charge < -0.3 is 13.7 Å². The molecule has 0 radical (unpaired) electrons. The van der Waals surface area contributed by atoms with E-state index in [9.17, 15) is 4.79 Å². The van der Waals surface area contributed by atoms with E-state index in [4.69, 9.17) is 9.15 Å². The quantitative estimate of drug-likeness (QED) is 0.474. The van der Waals surface area contributed by atoms with Crippen molar-refractivity contribution in [1.29, 1.82) is 0 Å². The second kappa shape index (κ2) is 10.5. The molecule has 4 heterocycles. The number of nitrogens with zero attached hydrogens (tertiary/aromatic N) is 3. The molecule has 174 valence electrons. The fourth-order valence-corrected chi connectivity index (χ4v) is 5.46. The maximum atomic E-state index is 12.9. The first-order valence-corrected chi connectivity index (χ1v) is 12.8. The average Bonchev–Trinajstić information content (AvgIpc) is 3.60. The van der Waals surface area contributed by atoms with Gasteiger partial charge in [0.05, 0.1) is 5.69 Å². The molecule has 1 N–H and O–H groups in total. The minimum Gasteiger partial charge on any atom is -0.448 e. The summed E-state index contributed by atoms with van der Waals surface area (Å²) >= 11 is 1.42. The van der Waals surface area contributed by atoms with E-state index in [1.165, 1.54) is 49.8 Å². The van der Waals surface area contributed by atoms with Crippen molar-refractivity contribution in [3.8, 4) is 0 Å². The highest BCUT2D eigenvalue weighted by Crippen LogP contribution is 2.34. The molecule has 5 rings (SSSR count). The molecular formula is C25H30N4O3S. The number of hydrogen-bond donors (Lipinski definition) is 1. The molecule has 0 aromatic carbocycles. The number of rotatable bonds is 7. The Hall–Kier alpha value is -2.71. The van der Waals surface area contributed by atoms with Crippen molar-refractivity contribution in [2.45, 2.75) is 57.4 Å². The van der Waals surface area contributed by atoms with E-state index in [-0.39, 0.29) is 5.91 Å². The largest absolute Gasteiger partial charge is 0.448 e. The summed E-state index contributed by atoms with van der Waals surface area (Å²) in [6, 6.07) is 3.78. The van der Waals surface area contributed by atoms with E-state index < -0.39 is 0 Å². The molecule has 3 aromatic rings. The van der Waals surface area contributed by atoms with Crippen LogP contribution in [0.15, 0.2) is 34.5 Å². The van der Waals surface area contributed by atoms with Crippen LogP contribution < -0.4 is 5.32 Å². The minimum atomic E-state index is -0.131. The Balaban J connectivity index is 1.21. The predicted molar refractivity (Wildman–Crippen MR) is 129 cm³/mol. The molecule has 1 saturated carbocycles. The molecule has 2 fully saturated rings. The summed E-state index contributed by atoms with van der Waals surface area (Å²) in [5.41, 5.74) is 2.34. The lowest BCUT2D eigenvalue weighted by Crippen LogP contribution is -2.23. The Labute approximate surface area is 197 Å². The van der Waals surface area contributed by atoms with Gasteiger partial charge in [0.25, 0.3) is 5.91 Å². The highest BCUT2D eigenvalue weighted by Gasteiger charge is 2.22. The van der Waals surface area contributed by atoms with Crippen molar-refractivity contribution in [2.24, 2.45) is 5.92 Å². The van der Waals surface area contributed by atoms with Crippen LogP contribution in [0.25, 0.3) is 12.2 Å². The molecule has 1 amide bonds. The van der Waals surface area contributed by atoms with Gasteiger partial charge in [-0.2, -0.15) is 0 Å². The number of anilines is 1. The molecular weight excluding hydrogens is 436 g/mol. The second-order valence-electron chi connectivity index (χ2n) is 8.90. The lowest BCUT2D eigenvalue weighted by Gasteiger charge is -2.23. The van der Waals surface area contributed by atoms with Crippen molar-refractivity contribution < 1.29 is 13.9 Å². The number of carbonyl (C=O) groups is 1. The first-order valence-electron chi connectivity index (χ1n) is 11.9. The fraction of sp³-hybridized carbons (Fsp3) is 0.480. The van der Waals surface area contributed by atoms with Gasteiger partial charge in [0.1, 0.15) is 17.1 Å². The summed E-state index contributed by atoms with van der Waals surface area (Å²) in [6.45, 7) is 2.45. The summed E-state index contributed by atoms with van der Waals surface area (Å²) < 4.78 is 13.2. The summed E-state index contributed by atoms with van der Waals surface area (Å²) in [6.07, 6.45) is 15.6. The zero-order chi connectivity index (χ0) is 22.5. The third kappa shape index (κ3) is 5.45. The van der Waals surface area contributed by atoms with Gasteiger partial charge in [0.2, 0.25) is 0 Å². The van der Waals surface area contributed by atoms with Crippen molar-refractivity contribution in [1.82, 2.24) is 14.5 Å². The van der Waals surface area contributed by atoms with Gasteiger partial charge in [-0.1, -0.05) is 19.3 Å². The van der Waals surface area contributed by atoms with Crippen LogP contribution in [-0.2, 0) is 11.3 Å². The van der Waals surface area contributed by atoms with E-state index in [1.807, 2.05) is 40.4 Å². The Kier molecular flexibility index (Phi) is 7.02. The normalized spacial score (nSPS) is 18.2. The third-order valence-corrected chi connectivity index (χ3v) is 7.39. The molecule has 3 aromatic heterocycles. The zero-order valence-electron chi connectivity index (χ0n) is 18.7. The van der Waals surface area contributed by atoms with Gasteiger partial charge in [-0.3, -0.25) is 10.1 Å². The van der Waals surface area contributed by atoms with Gasteiger partial charge in [-0.15, -0.1) is 11.3 Å². The SMILES string of the molecule is O=C(Nc1nc(/C=C/c2ncoc2C2CCCCC2)cs1)c1cccn1CC1CCOCC1. The van der Waals surface area contributed by atoms with E-state index in [1.54, 1.807) is 0 Å². The predicted octanol–water partition coefficient (Wildman–Crippen LogP) is 5.83. The lowest BCUT2D eigenvalue weighted by atomic mass is 9.87. The Morgan fingerprint density at radius 1 is 1.18 bits per heavy atom.